The number of aryl methyl sites for hydroxylation is 1. The van der Waals surface area contributed by atoms with Crippen LogP contribution in [0.1, 0.15) is 49.2 Å². The molecule has 5 nitrogen and oxygen atoms in total. The molecule has 138 valence electrons. The maximum atomic E-state index is 13.0. The Bertz CT molecular complexity index is 598. The highest BCUT2D eigenvalue weighted by molar-refractivity contribution is 7.09. The van der Waals surface area contributed by atoms with Crippen LogP contribution in [0, 0.1) is 12.8 Å². The molecule has 1 aromatic rings. The third-order valence-electron chi connectivity index (χ3n) is 6.33. The first kappa shape index (κ1) is 17.4. The minimum Gasteiger partial charge on any atom is -0.342 e. The lowest BCUT2D eigenvalue weighted by Gasteiger charge is -2.39. The van der Waals surface area contributed by atoms with Gasteiger partial charge in [-0.2, -0.15) is 0 Å². The van der Waals surface area contributed by atoms with E-state index >= 15 is 0 Å². The number of rotatable bonds is 4. The summed E-state index contributed by atoms with van der Waals surface area (Å²) < 4.78 is 0. The Balaban J connectivity index is 1.27. The number of carbonyl (C=O) groups excluding carboxylic acids is 1. The summed E-state index contributed by atoms with van der Waals surface area (Å²) in [5.74, 6) is 0.599. The zero-order chi connectivity index (χ0) is 17.4. The number of hydrogen-bond acceptors (Lipinski definition) is 5. The van der Waals surface area contributed by atoms with E-state index in [0.717, 1.165) is 50.3 Å². The van der Waals surface area contributed by atoms with Crippen molar-refractivity contribution in [3.8, 4) is 0 Å². The van der Waals surface area contributed by atoms with E-state index in [0.29, 0.717) is 24.0 Å². The number of thiazole rings is 1. The van der Waals surface area contributed by atoms with Crippen LogP contribution in [0.2, 0.25) is 0 Å². The number of hydrogen-bond donors (Lipinski definition) is 1. The van der Waals surface area contributed by atoms with Crippen molar-refractivity contribution in [2.75, 3.05) is 20.1 Å². The molecule has 0 spiro atoms. The molecule has 2 atom stereocenters. The van der Waals surface area contributed by atoms with Gasteiger partial charge in [0, 0.05) is 43.0 Å². The first-order valence-corrected chi connectivity index (χ1v) is 10.6. The van der Waals surface area contributed by atoms with E-state index in [1.54, 1.807) is 11.3 Å². The molecule has 1 amide bonds. The van der Waals surface area contributed by atoms with Crippen molar-refractivity contribution in [1.29, 1.82) is 0 Å². The smallest absolute Gasteiger partial charge is 0.225 e. The molecule has 2 bridgehead atoms. The van der Waals surface area contributed by atoms with Crippen molar-refractivity contribution < 1.29 is 4.79 Å². The van der Waals surface area contributed by atoms with E-state index in [1.807, 2.05) is 7.05 Å². The maximum absolute atomic E-state index is 13.0. The van der Waals surface area contributed by atoms with Gasteiger partial charge in [0.2, 0.25) is 5.91 Å². The lowest BCUT2D eigenvalue weighted by atomic mass is 9.92. The Morgan fingerprint density at radius 1 is 1.28 bits per heavy atom. The van der Waals surface area contributed by atoms with Crippen LogP contribution in [0.3, 0.4) is 0 Å². The Morgan fingerprint density at radius 2 is 1.96 bits per heavy atom. The number of carbonyl (C=O) groups is 1. The lowest BCUT2D eigenvalue weighted by molar-refractivity contribution is -0.138. The lowest BCUT2D eigenvalue weighted by Crippen LogP contribution is -2.51. The molecular weight excluding hydrogens is 332 g/mol. The molecule has 6 heteroatoms. The highest BCUT2D eigenvalue weighted by Gasteiger charge is 2.38. The minimum atomic E-state index is 0.214. The van der Waals surface area contributed by atoms with Crippen molar-refractivity contribution in [2.45, 2.75) is 70.1 Å². The van der Waals surface area contributed by atoms with Crippen molar-refractivity contribution in [2.24, 2.45) is 5.92 Å². The van der Waals surface area contributed by atoms with Gasteiger partial charge in [0.25, 0.3) is 0 Å². The zero-order valence-electron chi connectivity index (χ0n) is 15.4. The number of likely N-dealkylation sites (tertiary alicyclic amines) is 1. The second kappa shape index (κ2) is 7.33. The van der Waals surface area contributed by atoms with E-state index in [9.17, 15) is 4.79 Å². The molecule has 0 aliphatic carbocycles. The molecule has 0 aromatic carbocycles. The highest BCUT2D eigenvalue weighted by Crippen LogP contribution is 2.31. The summed E-state index contributed by atoms with van der Waals surface area (Å²) >= 11 is 1.72. The molecule has 1 aromatic heterocycles. The van der Waals surface area contributed by atoms with Crippen LogP contribution in [0.4, 0.5) is 0 Å². The van der Waals surface area contributed by atoms with Crippen molar-refractivity contribution in [1.82, 2.24) is 20.1 Å². The van der Waals surface area contributed by atoms with Crippen molar-refractivity contribution in [3.05, 3.63) is 16.1 Å². The van der Waals surface area contributed by atoms with Gasteiger partial charge < -0.3 is 10.2 Å². The topological polar surface area (TPSA) is 48.5 Å². The zero-order valence-corrected chi connectivity index (χ0v) is 16.2. The molecule has 4 heterocycles. The molecule has 3 aliphatic heterocycles. The molecule has 3 saturated heterocycles. The van der Waals surface area contributed by atoms with Crippen LogP contribution in [-0.4, -0.2) is 59.0 Å². The second-order valence-corrected chi connectivity index (χ2v) is 9.18. The standard InChI is InChI=1S/C19H30N4OS/c1-13-20-17(12-25-13)11-23-7-5-14(6-8-23)19(24)22(2)18-9-15-3-4-16(10-18)21-15/h12,14-16,18,21H,3-11H2,1-2H3. The SMILES string of the molecule is Cc1nc(CN2CCC(C(=O)N(C)C3CC4CCC(C3)N4)CC2)cs1. The molecule has 4 rings (SSSR count). The Morgan fingerprint density at radius 3 is 2.56 bits per heavy atom. The number of aromatic nitrogens is 1. The Labute approximate surface area is 154 Å². The average Bonchev–Trinajstić information content (AvgIpc) is 3.18. The largest absolute Gasteiger partial charge is 0.342 e. The predicted octanol–water partition coefficient (Wildman–Crippen LogP) is 2.40. The summed E-state index contributed by atoms with van der Waals surface area (Å²) in [5.41, 5.74) is 1.18. The molecule has 3 fully saturated rings. The molecule has 2 unspecified atom stereocenters. The van der Waals surface area contributed by atoms with Crippen molar-refractivity contribution >= 4 is 17.2 Å². The van der Waals surface area contributed by atoms with Crippen LogP contribution in [-0.2, 0) is 11.3 Å². The number of nitrogens with zero attached hydrogens (tertiary/aromatic N) is 3. The van der Waals surface area contributed by atoms with Gasteiger partial charge >= 0.3 is 0 Å². The molecule has 25 heavy (non-hydrogen) atoms. The van der Waals surface area contributed by atoms with E-state index in [1.165, 1.54) is 18.5 Å². The first-order valence-electron chi connectivity index (χ1n) is 9.74. The average molecular weight is 363 g/mol. The van der Waals surface area contributed by atoms with Crippen LogP contribution >= 0.6 is 11.3 Å². The fourth-order valence-corrected chi connectivity index (χ4v) is 5.46. The molecule has 0 saturated carbocycles. The highest BCUT2D eigenvalue weighted by atomic mass is 32.1. The first-order chi connectivity index (χ1) is 12.1. The van der Waals surface area contributed by atoms with E-state index in [4.69, 9.17) is 0 Å². The van der Waals surface area contributed by atoms with Gasteiger partial charge in [-0.1, -0.05) is 0 Å². The number of amides is 1. The number of piperidine rings is 2. The van der Waals surface area contributed by atoms with Gasteiger partial charge in [-0.3, -0.25) is 9.69 Å². The monoisotopic (exact) mass is 362 g/mol. The van der Waals surface area contributed by atoms with Gasteiger partial charge in [0.05, 0.1) is 10.7 Å². The van der Waals surface area contributed by atoms with Crippen LogP contribution in [0.25, 0.3) is 0 Å². The molecule has 3 aliphatic rings. The van der Waals surface area contributed by atoms with Crippen molar-refractivity contribution in [3.63, 3.8) is 0 Å². The van der Waals surface area contributed by atoms with E-state index in [2.05, 4.69) is 32.4 Å². The second-order valence-electron chi connectivity index (χ2n) is 8.12. The number of fused-ring (bicyclic) bond motifs is 2. The van der Waals surface area contributed by atoms with Crippen LogP contribution < -0.4 is 5.32 Å². The summed E-state index contributed by atoms with van der Waals surface area (Å²) in [6, 6.07) is 1.73. The quantitative estimate of drug-likeness (QED) is 0.894. The molecule has 0 radical (unpaired) electrons. The van der Waals surface area contributed by atoms with Gasteiger partial charge in [0.1, 0.15) is 0 Å². The van der Waals surface area contributed by atoms with Crippen LogP contribution in [0.15, 0.2) is 5.38 Å². The fraction of sp³-hybridized carbons (Fsp3) is 0.789. The molecule has 1 N–H and O–H groups in total. The van der Waals surface area contributed by atoms with E-state index < -0.39 is 0 Å². The normalized spacial score (nSPS) is 30.6. The Kier molecular flexibility index (Phi) is 5.11. The number of nitrogens with one attached hydrogen (secondary N) is 1. The third kappa shape index (κ3) is 3.91. The fourth-order valence-electron chi connectivity index (χ4n) is 4.86. The van der Waals surface area contributed by atoms with Gasteiger partial charge in [-0.15, -0.1) is 11.3 Å². The summed E-state index contributed by atoms with van der Waals surface area (Å²) in [6.07, 6.45) is 6.84. The van der Waals surface area contributed by atoms with Crippen LogP contribution in [0.5, 0.6) is 0 Å². The maximum Gasteiger partial charge on any atom is 0.225 e. The summed E-state index contributed by atoms with van der Waals surface area (Å²) in [4.78, 5) is 22.1. The summed E-state index contributed by atoms with van der Waals surface area (Å²) in [5, 5.41) is 6.97. The Hall–Kier alpha value is -0.980. The van der Waals surface area contributed by atoms with E-state index in [-0.39, 0.29) is 5.92 Å². The summed E-state index contributed by atoms with van der Waals surface area (Å²) in [6.45, 7) is 5.01. The minimum absolute atomic E-state index is 0.214. The molecular formula is C19H30N4OS. The summed E-state index contributed by atoms with van der Waals surface area (Å²) in [7, 11) is 2.04. The van der Waals surface area contributed by atoms with Gasteiger partial charge in [-0.25, -0.2) is 4.98 Å². The third-order valence-corrected chi connectivity index (χ3v) is 7.15. The predicted molar refractivity (Wildman–Crippen MR) is 101 cm³/mol. The van der Waals surface area contributed by atoms with Gasteiger partial charge in [0.15, 0.2) is 0 Å². The van der Waals surface area contributed by atoms with Gasteiger partial charge in [-0.05, 0) is 58.5 Å².